The first-order chi connectivity index (χ1) is 17.1. The highest BCUT2D eigenvalue weighted by Gasteiger charge is 2.51. The van der Waals surface area contributed by atoms with Crippen molar-refractivity contribution in [1.29, 1.82) is 0 Å². The van der Waals surface area contributed by atoms with E-state index in [9.17, 15) is 9.90 Å². The van der Waals surface area contributed by atoms with Gasteiger partial charge < -0.3 is 14.7 Å². The summed E-state index contributed by atoms with van der Waals surface area (Å²) in [5.41, 5.74) is 1.66. The number of β-amino-alcohol motifs (C(OH)–C–C–N with tert-alkyl or cyclic N) is 1. The first kappa shape index (κ1) is 22.7. The number of benzene rings is 1. The van der Waals surface area contributed by atoms with Crippen molar-refractivity contribution >= 4 is 21.8 Å². The van der Waals surface area contributed by atoms with Crippen LogP contribution in [0.1, 0.15) is 27.7 Å². The Kier molecular flexibility index (Phi) is 5.89. The van der Waals surface area contributed by atoms with Gasteiger partial charge in [-0.15, -0.1) is 5.10 Å². The third kappa shape index (κ3) is 3.78. The van der Waals surface area contributed by atoms with Gasteiger partial charge in [-0.25, -0.2) is 9.67 Å². The predicted octanol–water partition coefficient (Wildman–Crippen LogP) is 1.22. The number of carbonyl (C=O) groups is 1. The third-order valence-corrected chi connectivity index (χ3v) is 7.45. The second-order valence-electron chi connectivity index (χ2n) is 8.91. The van der Waals surface area contributed by atoms with Crippen LogP contribution in [-0.2, 0) is 17.0 Å². The zero-order chi connectivity index (χ0) is 24.0. The van der Waals surface area contributed by atoms with Crippen molar-refractivity contribution in [2.75, 3.05) is 52.5 Å². The molecule has 35 heavy (non-hydrogen) atoms. The summed E-state index contributed by atoms with van der Waals surface area (Å²) in [5.74, 6) is 0.732. The van der Waals surface area contributed by atoms with Gasteiger partial charge in [0.15, 0.2) is 5.72 Å². The van der Waals surface area contributed by atoms with E-state index in [4.69, 9.17) is 14.8 Å². The van der Waals surface area contributed by atoms with E-state index in [1.165, 1.54) is 0 Å². The Balaban J connectivity index is 1.40. The number of nitrogens with zero attached hydrogens (tertiary/aromatic N) is 7. The van der Waals surface area contributed by atoms with Crippen LogP contribution < -0.4 is 0 Å². The van der Waals surface area contributed by atoms with Gasteiger partial charge in [0.05, 0.1) is 31.1 Å². The minimum atomic E-state index is -0.865. The van der Waals surface area contributed by atoms with Crippen LogP contribution in [0, 0.1) is 0 Å². The molecule has 3 aliphatic rings. The maximum atomic E-state index is 13.3. The second-order valence-corrected chi connectivity index (χ2v) is 9.83. The van der Waals surface area contributed by atoms with E-state index < -0.39 is 5.72 Å². The number of hydrogen-bond donors (Lipinski definition) is 1. The first-order valence-electron chi connectivity index (χ1n) is 11.8. The average Bonchev–Trinajstić information content (AvgIpc) is 3.48. The summed E-state index contributed by atoms with van der Waals surface area (Å²) in [4.78, 5) is 28.9. The molecule has 0 saturated carbocycles. The highest BCUT2D eigenvalue weighted by atomic mass is 79.9. The van der Waals surface area contributed by atoms with E-state index in [0.29, 0.717) is 45.2 Å². The summed E-state index contributed by atoms with van der Waals surface area (Å²) < 4.78 is 9.17. The van der Waals surface area contributed by atoms with Gasteiger partial charge >= 0.3 is 0 Å². The lowest BCUT2D eigenvalue weighted by Crippen LogP contribution is -2.49. The summed E-state index contributed by atoms with van der Waals surface area (Å²) in [6.07, 6.45) is 1.78. The molecule has 1 amide bonds. The van der Waals surface area contributed by atoms with Gasteiger partial charge in [-0.2, -0.15) is 0 Å². The van der Waals surface area contributed by atoms with Crippen LogP contribution in [0.15, 0.2) is 47.1 Å². The fraction of sp³-hybridized carbons (Fsp3) is 0.417. The number of piperazine rings is 1. The van der Waals surface area contributed by atoms with Gasteiger partial charge in [-0.1, -0.05) is 22.0 Å². The van der Waals surface area contributed by atoms with Gasteiger partial charge in [-0.3, -0.25) is 19.6 Å². The number of ether oxygens (including phenoxy) is 1. The van der Waals surface area contributed by atoms with Gasteiger partial charge in [0.2, 0.25) is 5.82 Å². The highest BCUT2D eigenvalue weighted by Crippen LogP contribution is 2.45. The molecule has 5 heterocycles. The summed E-state index contributed by atoms with van der Waals surface area (Å²) in [7, 11) is 0. The Morgan fingerprint density at radius 1 is 1.14 bits per heavy atom. The number of aromatic nitrogens is 4. The predicted molar refractivity (Wildman–Crippen MR) is 130 cm³/mol. The fourth-order valence-electron chi connectivity index (χ4n) is 5.25. The summed E-state index contributed by atoms with van der Waals surface area (Å²) in [5, 5.41) is 13.9. The Labute approximate surface area is 211 Å². The fourth-order valence-corrected chi connectivity index (χ4v) is 5.61. The molecule has 0 bridgehead atoms. The second kappa shape index (κ2) is 9.07. The Hall–Kier alpha value is -2.70. The van der Waals surface area contributed by atoms with Gasteiger partial charge in [0.25, 0.3) is 5.91 Å². The van der Waals surface area contributed by atoms with E-state index >= 15 is 0 Å². The molecule has 2 saturated heterocycles. The van der Waals surface area contributed by atoms with Crippen molar-refractivity contribution < 1.29 is 14.6 Å². The molecular formula is C24H26BrN7O3. The van der Waals surface area contributed by atoms with E-state index in [1.54, 1.807) is 15.8 Å². The van der Waals surface area contributed by atoms with Crippen LogP contribution in [0.4, 0.5) is 0 Å². The smallest absolute Gasteiger partial charge is 0.293 e. The summed E-state index contributed by atoms with van der Waals surface area (Å²) >= 11 is 3.63. The molecule has 3 aromatic rings. The molecule has 182 valence electrons. The number of aliphatic hydroxyl groups is 1. The monoisotopic (exact) mass is 539 g/mol. The molecule has 11 heteroatoms. The largest absolute Gasteiger partial charge is 0.395 e. The van der Waals surface area contributed by atoms with Crippen LogP contribution in [-0.4, -0.2) is 97.9 Å². The highest BCUT2D eigenvalue weighted by molar-refractivity contribution is 9.10. The molecule has 0 aliphatic carbocycles. The van der Waals surface area contributed by atoms with Crippen LogP contribution in [0.3, 0.4) is 0 Å². The third-order valence-electron chi connectivity index (χ3n) is 6.95. The van der Waals surface area contributed by atoms with Crippen molar-refractivity contribution in [3.8, 4) is 5.69 Å². The molecule has 10 nitrogen and oxygen atoms in total. The summed E-state index contributed by atoms with van der Waals surface area (Å²) in [6.45, 7) is 5.12. The van der Waals surface area contributed by atoms with Crippen molar-refractivity contribution in [2.45, 2.75) is 12.3 Å². The molecule has 0 radical (unpaired) electrons. The number of hydrogen-bond acceptors (Lipinski definition) is 8. The lowest BCUT2D eigenvalue weighted by atomic mass is 9.95. The molecular weight excluding hydrogens is 514 g/mol. The Morgan fingerprint density at radius 3 is 2.77 bits per heavy atom. The molecule has 6 rings (SSSR count). The van der Waals surface area contributed by atoms with E-state index in [0.717, 1.165) is 34.5 Å². The maximum absolute atomic E-state index is 13.3. The van der Waals surface area contributed by atoms with E-state index in [-0.39, 0.29) is 18.3 Å². The lowest BCUT2D eigenvalue weighted by molar-refractivity contribution is -0.0585. The Morgan fingerprint density at radius 2 is 2.00 bits per heavy atom. The number of amides is 1. The SMILES string of the molecule is O=C(c1nc2n(n1)-c1ccc(Br)cc1C1(c3ccccn3)OCCN1C2)N1CCN(CCO)CC1. The quantitative estimate of drug-likeness (QED) is 0.528. The lowest BCUT2D eigenvalue weighted by Gasteiger charge is -2.36. The minimum Gasteiger partial charge on any atom is -0.395 e. The van der Waals surface area contributed by atoms with Gasteiger partial charge in [0, 0.05) is 55.5 Å². The molecule has 2 aromatic heterocycles. The molecule has 2 fully saturated rings. The van der Waals surface area contributed by atoms with Crippen LogP contribution in [0.25, 0.3) is 5.69 Å². The molecule has 1 N–H and O–H groups in total. The number of fused-ring (bicyclic) bond motifs is 5. The number of aliphatic hydroxyl groups excluding tert-OH is 1. The number of rotatable bonds is 4. The zero-order valence-electron chi connectivity index (χ0n) is 19.2. The Bertz CT molecular complexity index is 1250. The molecule has 1 atom stereocenters. The maximum Gasteiger partial charge on any atom is 0.293 e. The molecule has 0 spiro atoms. The van der Waals surface area contributed by atoms with Crippen molar-refractivity contribution in [3.63, 3.8) is 0 Å². The molecule has 1 aromatic carbocycles. The van der Waals surface area contributed by atoms with Crippen molar-refractivity contribution in [2.24, 2.45) is 0 Å². The average molecular weight is 540 g/mol. The molecule has 1 unspecified atom stereocenters. The number of carbonyl (C=O) groups excluding carboxylic acids is 1. The van der Waals surface area contributed by atoms with E-state index in [1.807, 2.05) is 36.4 Å². The first-order valence-corrected chi connectivity index (χ1v) is 12.6. The normalized spacial score (nSPS) is 22.4. The van der Waals surface area contributed by atoms with Crippen molar-refractivity contribution in [1.82, 2.24) is 34.4 Å². The number of pyridine rings is 1. The van der Waals surface area contributed by atoms with Crippen LogP contribution in [0.2, 0.25) is 0 Å². The van der Waals surface area contributed by atoms with Gasteiger partial charge in [-0.05, 0) is 30.3 Å². The standard InChI is InChI=1S/C24H26BrN7O3/c25-17-4-5-19-18(15-17)24(20-3-1-2-6-26-20)31(12-14-35-24)16-21-27-22(28-32(19)21)23(34)30-9-7-29(8-10-30)11-13-33/h1-6,15,33H,7-14,16H2. The van der Waals surface area contributed by atoms with Crippen LogP contribution in [0.5, 0.6) is 0 Å². The van der Waals surface area contributed by atoms with Crippen LogP contribution >= 0.6 is 15.9 Å². The van der Waals surface area contributed by atoms with E-state index in [2.05, 4.69) is 30.7 Å². The molecule has 3 aliphatic heterocycles. The van der Waals surface area contributed by atoms with Gasteiger partial charge in [0.1, 0.15) is 5.82 Å². The minimum absolute atomic E-state index is 0.124. The number of halogens is 1. The summed E-state index contributed by atoms with van der Waals surface area (Å²) in [6, 6.07) is 11.8. The topological polar surface area (TPSA) is 99.8 Å². The van der Waals surface area contributed by atoms with Crippen molar-refractivity contribution in [3.05, 3.63) is 70.0 Å². The zero-order valence-corrected chi connectivity index (χ0v) is 20.8.